The van der Waals surface area contributed by atoms with E-state index in [1.165, 1.54) is 11.0 Å². The van der Waals surface area contributed by atoms with Crippen molar-refractivity contribution in [2.45, 2.75) is 27.2 Å². The summed E-state index contributed by atoms with van der Waals surface area (Å²) in [6.07, 6.45) is 0.718. The molecule has 0 atom stereocenters. The molecule has 0 aromatic heterocycles. The Kier molecular flexibility index (Phi) is 3.39. The zero-order chi connectivity index (χ0) is 14.4. The number of halogens is 2. The molecular weight excluding hydrogens is 269 g/mol. The van der Waals surface area contributed by atoms with Crippen LogP contribution in [0.3, 0.4) is 0 Å². The predicted octanol–water partition coefficient (Wildman–Crippen LogP) is 3.44. The summed E-state index contributed by atoms with van der Waals surface area (Å²) in [6.45, 7) is 6.51. The normalized spacial score (nSPS) is 15.1. The van der Waals surface area contributed by atoms with Crippen molar-refractivity contribution in [2.24, 2.45) is 5.41 Å². The molecule has 19 heavy (non-hydrogen) atoms. The Balaban J connectivity index is 2.36. The van der Waals surface area contributed by atoms with E-state index in [2.05, 4.69) is 0 Å². The van der Waals surface area contributed by atoms with Crippen LogP contribution in [0.1, 0.15) is 37.6 Å². The summed E-state index contributed by atoms with van der Waals surface area (Å²) in [5, 5.41) is -0.141. The van der Waals surface area contributed by atoms with Crippen LogP contribution in [0.5, 0.6) is 0 Å². The average Bonchev–Trinajstić information content (AvgIpc) is 2.51. The summed E-state index contributed by atoms with van der Waals surface area (Å²) >= 11 is 5.65. The van der Waals surface area contributed by atoms with Gasteiger partial charge in [0.25, 0.3) is 11.7 Å². The van der Waals surface area contributed by atoms with E-state index < -0.39 is 17.5 Å². The van der Waals surface area contributed by atoms with E-state index in [0.717, 1.165) is 12.5 Å². The second kappa shape index (κ2) is 4.60. The van der Waals surface area contributed by atoms with Gasteiger partial charge in [0.2, 0.25) is 0 Å². The highest BCUT2D eigenvalue weighted by Crippen LogP contribution is 2.34. The van der Waals surface area contributed by atoms with Gasteiger partial charge in [-0.3, -0.25) is 9.59 Å². The first kappa shape index (κ1) is 14.0. The fourth-order valence-corrected chi connectivity index (χ4v) is 2.12. The van der Waals surface area contributed by atoms with Crippen LogP contribution in [-0.4, -0.2) is 18.2 Å². The molecule has 1 heterocycles. The molecule has 0 spiro atoms. The van der Waals surface area contributed by atoms with Crippen molar-refractivity contribution in [1.29, 1.82) is 0 Å². The van der Waals surface area contributed by atoms with Crippen LogP contribution in [0.25, 0.3) is 0 Å². The lowest BCUT2D eigenvalue weighted by Crippen LogP contribution is -2.32. The quantitative estimate of drug-likeness (QED) is 0.780. The van der Waals surface area contributed by atoms with Crippen LogP contribution < -0.4 is 4.90 Å². The number of hydrogen-bond acceptors (Lipinski definition) is 2. The Bertz CT molecular complexity index is 563. The van der Waals surface area contributed by atoms with E-state index in [1.807, 2.05) is 20.8 Å². The molecule has 0 N–H and O–H groups in total. The van der Waals surface area contributed by atoms with E-state index >= 15 is 0 Å². The Hall–Kier alpha value is -1.42. The maximum Gasteiger partial charge on any atom is 0.299 e. The molecular formula is C14H15ClFNO2. The zero-order valence-corrected chi connectivity index (χ0v) is 11.8. The number of carbonyl (C=O) groups is 2. The molecule has 1 aliphatic rings. The number of carbonyl (C=O) groups excluding carboxylic acids is 2. The molecule has 2 rings (SSSR count). The second-order valence-corrected chi connectivity index (χ2v) is 6.29. The number of amides is 1. The Morgan fingerprint density at radius 2 is 1.89 bits per heavy atom. The number of Topliss-reactive ketones (excluding diaryl/α,β-unsaturated/α-hetero) is 1. The summed E-state index contributed by atoms with van der Waals surface area (Å²) in [7, 11) is 0. The summed E-state index contributed by atoms with van der Waals surface area (Å²) in [5.41, 5.74) is 0.531. The maximum absolute atomic E-state index is 13.5. The van der Waals surface area contributed by atoms with Gasteiger partial charge in [0, 0.05) is 6.54 Å². The van der Waals surface area contributed by atoms with Gasteiger partial charge in [-0.15, -0.1) is 0 Å². The number of benzene rings is 1. The van der Waals surface area contributed by atoms with E-state index in [0.29, 0.717) is 12.2 Å². The smallest absolute Gasteiger partial charge is 0.299 e. The van der Waals surface area contributed by atoms with Gasteiger partial charge in [-0.25, -0.2) is 4.39 Å². The molecule has 0 radical (unpaired) electrons. The van der Waals surface area contributed by atoms with Crippen LogP contribution in [0.4, 0.5) is 10.1 Å². The largest absolute Gasteiger partial charge is 0.305 e. The fraction of sp³-hybridized carbons (Fsp3) is 0.429. The molecule has 0 bridgehead atoms. The van der Waals surface area contributed by atoms with E-state index in [1.54, 1.807) is 0 Å². The number of ketones is 1. The molecule has 3 nitrogen and oxygen atoms in total. The Labute approximate surface area is 116 Å². The zero-order valence-electron chi connectivity index (χ0n) is 11.1. The maximum atomic E-state index is 13.5. The Morgan fingerprint density at radius 1 is 1.26 bits per heavy atom. The van der Waals surface area contributed by atoms with Crippen molar-refractivity contribution in [1.82, 2.24) is 0 Å². The first-order valence-electron chi connectivity index (χ1n) is 6.06. The molecule has 1 aromatic rings. The number of anilines is 1. The fourth-order valence-electron chi connectivity index (χ4n) is 1.96. The summed E-state index contributed by atoms with van der Waals surface area (Å²) in [6, 6.07) is 2.38. The molecule has 0 saturated heterocycles. The van der Waals surface area contributed by atoms with E-state index in [4.69, 9.17) is 11.6 Å². The van der Waals surface area contributed by atoms with Gasteiger partial charge in [-0.05, 0) is 24.0 Å². The minimum atomic E-state index is -0.622. The van der Waals surface area contributed by atoms with Gasteiger partial charge in [0.05, 0.1) is 16.3 Å². The monoisotopic (exact) mass is 283 g/mol. The van der Waals surface area contributed by atoms with Gasteiger partial charge in [0.15, 0.2) is 0 Å². The molecule has 102 valence electrons. The highest BCUT2D eigenvalue weighted by molar-refractivity contribution is 6.52. The minimum Gasteiger partial charge on any atom is -0.305 e. The number of nitrogens with zero attached hydrogens (tertiary/aromatic N) is 1. The SMILES string of the molecule is CC(C)(C)CCN1C(=O)C(=O)c2cc(Cl)c(F)cc21. The third kappa shape index (κ3) is 2.63. The van der Waals surface area contributed by atoms with Crippen molar-refractivity contribution in [2.75, 3.05) is 11.4 Å². The molecule has 0 saturated carbocycles. The minimum absolute atomic E-state index is 0.0249. The molecule has 5 heteroatoms. The first-order valence-corrected chi connectivity index (χ1v) is 6.44. The topological polar surface area (TPSA) is 37.4 Å². The van der Waals surface area contributed by atoms with Crippen molar-refractivity contribution in [3.63, 3.8) is 0 Å². The van der Waals surface area contributed by atoms with Gasteiger partial charge in [0.1, 0.15) is 5.82 Å². The number of fused-ring (bicyclic) bond motifs is 1. The van der Waals surface area contributed by atoms with Crippen LogP contribution in [-0.2, 0) is 4.79 Å². The van der Waals surface area contributed by atoms with Crippen molar-refractivity contribution >= 4 is 29.0 Å². The van der Waals surface area contributed by atoms with Crippen molar-refractivity contribution < 1.29 is 14.0 Å². The second-order valence-electron chi connectivity index (χ2n) is 5.88. The van der Waals surface area contributed by atoms with Gasteiger partial charge < -0.3 is 4.90 Å². The van der Waals surface area contributed by atoms with Gasteiger partial charge in [-0.1, -0.05) is 32.4 Å². The van der Waals surface area contributed by atoms with Crippen LogP contribution in [0, 0.1) is 11.2 Å². The molecule has 0 fully saturated rings. The van der Waals surface area contributed by atoms with Gasteiger partial charge >= 0.3 is 0 Å². The Morgan fingerprint density at radius 3 is 2.47 bits per heavy atom. The lowest BCUT2D eigenvalue weighted by molar-refractivity contribution is -0.114. The van der Waals surface area contributed by atoms with Crippen LogP contribution in [0.15, 0.2) is 12.1 Å². The molecule has 0 aliphatic carbocycles. The van der Waals surface area contributed by atoms with E-state index in [9.17, 15) is 14.0 Å². The molecule has 1 aliphatic heterocycles. The van der Waals surface area contributed by atoms with Gasteiger partial charge in [-0.2, -0.15) is 0 Å². The van der Waals surface area contributed by atoms with Crippen LogP contribution >= 0.6 is 11.6 Å². The lowest BCUT2D eigenvalue weighted by atomic mass is 9.92. The molecule has 0 unspecified atom stereocenters. The lowest BCUT2D eigenvalue weighted by Gasteiger charge is -2.23. The van der Waals surface area contributed by atoms with Crippen LogP contribution in [0.2, 0.25) is 5.02 Å². The summed E-state index contributed by atoms with van der Waals surface area (Å²) in [5.74, 6) is -1.85. The summed E-state index contributed by atoms with van der Waals surface area (Å²) < 4.78 is 13.5. The third-order valence-electron chi connectivity index (χ3n) is 3.10. The highest BCUT2D eigenvalue weighted by Gasteiger charge is 2.37. The predicted molar refractivity (Wildman–Crippen MR) is 72.2 cm³/mol. The van der Waals surface area contributed by atoms with Crippen molar-refractivity contribution in [3.05, 3.63) is 28.5 Å². The molecule has 1 aromatic carbocycles. The first-order chi connectivity index (χ1) is 8.70. The number of rotatable bonds is 2. The molecule has 1 amide bonds. The van der Waals surface area contributed by atoms with Crippen molar-refractivity contribution in [3.8, 4) is 0 Å². The summed E-state index contributed by atoms with van der Waals surface area (Å²) in [4.78, 5) is 25.1. The average molecular weight is 284 g/mol. The highest BCUT2D eigenvalue weighted by atomic mass is 35.5. The number of hydrogen-bond donors (Lipinski definition) is 0. The standard InChI is InChI=1S/C14H15ClFNO2/c1-14(2,3)4-5-17-11-7-10(16)9(15)6-8(11)12(18)13(17)19/h6-7H,4-5H2,1-3H3. The van der Waals surface area contributed by atoms with E-state index in [-0.39, 0.29) is 16.0 Å². The third-order valence-corrected chi connectivity index (χ3v) is 3.39.